The summed E-state index contributed by atoms with van der Waals surface area (Å²) in [5.41, 5.74) is 6.70. The molecule has 0 saturated carbocycles. The van der Waals surface area contributed by atoms with Gasteiger partial charge in [-0.05, 0) is 13.3 Å². The Bertz CT molecular complexity index is 27.3. The Hall–Kier alpha value is -0.0800. The predicted molar refractivity (Wildman–Crippen MR) is 30.3 cm³/mol. The number of ether oxygens (including phenoxy) is 1. The molecule has 2 nitrogen and oxygen atoms in total. The van der Waals surface area contributed by atoms with Gasteiger partial charge in [0.25, 0.3) is 0 Å². The van der Waals surface area contributed by atoms with E-state index in [1.807, 2.05) is 6.92 Å². The van der Waals surface area contributed by atoms with Crippen LogP contribution in [0.25, 0.3) is 5.73 Å². The molecule has 0 spiro atoms. The summed E-state index contributed by atoms with van der Waals surface area (Å²) in [6.45, 7) is 3.98. The normalized spacial score (nSPS) is 9.43. The molecule has 0 radical (unpaired) electrons. The lowest BCUT2D eigenvalue weighted by Gasteiger charge is -1.99. The molecule has 0 saturated heterocycles. The fourth-order valence-corrected chi connectivity index (χ4v) is 0.319. The van der Waals surface area contributed by atoms with Crippen molar-refractivity contribution >= 4 is 0 Å². The zero-order chi connectivity index (χ0) is 5.54. The first-order valence-corrected chi connectivity index (χ1v) is 2.64. The van der Waals surface area contributed by atoms with E-state index in [0.29, 0.717) is 6.54 Å². The molecule has 0 aliphatic rings. The Kier molecular flexibility index (Phi) is 5.85. The highest BCUT2D eigenvalue weighted by molar-refractivity contribution is 4.47. The molecule has 0 bridgehead atoms. The van der Waals surface area contributed by atoms with E-state index in [1.54, 1.807) is 0 Å². The molecular weight excluding hydrogens is 90.1 g/mol. The molecule has 0 aromatic heterocycles. The second kappa shape index (κ2) is 5.92. The van der Waals surface area contributed by atoms with Crippen LogP contribution in [0.15, 0.2) is 0 Å². The molecule has 0 atom stereocenters. The molecule has 7 heavy (non-hydrogen) atoms. The van der Waals surface area contributed by atoms with E-state index in [9.17, 15) is 0 Å². The van der Waals surface area contributed by atoms with Gasteiger partial charge >= 0.3 is 0 Å². The van der Waals surface area contributed by atoms with Gasteiger partial charge in [0.05, 0.1) is 0 Å². The van der Waals surface area contributed by atoms with Gasteiger partial charge in [-0.25, -0.2) is 0 Å². The van der Waals surface area contributed by atoms with E-state index in [0.717, 1.165) is 19.6 Å². The Morgan fingerprint density at radius 3 is 2.71 bits per heavy atom. The van der Waals surface area contributed by atoms with E-state index < -0.39 is 0 Å². The van der Waals surface area contributed by atoms with Crippen molar-refractivity contribution in [2.24, 2.45) is 0 Å². The molecule has 1 N–H and O–H groups in total. The van der Waals surface area contributed by atoms with E-state index in [4.69, 9.17) is 10.5 Å². The van der Waals surface area contributed by atoms with Gasteiger partial charge < -0.3 is 10.5 Å². The van der Waals surface area contributed by atoms with Crippen LogP contribution in [-0.4, -0.2) is 19.8 Å². The molecule has 0 heterocycles. The van der Waals surface area contributed by atoms with Crippen LogP contribution in [0.2, 0.25) is 0 Å². The van der Waals surface area contributed by atoms with Crippen molar-refractivity contribution in [3.8, 4) is 0 Å². The van der Waals surface area contributed by atoms with Crippen LogP contribution in [0.1, 0.15) is 13.3 Å². The fourth-order valence-electron chi connectivity index (χ4n) is 0.319. The number of rotatable bonds is 4. The highest BCUT2D eigenvalue weighted by atomic mass is 16.5. The monoisotopic (exact) mass is 102 g/mol. The molecule has 0 amide bonds. The number of hydrogen-bond donors (Lipinski definition) is 0. The van der Waals surface area contributed by atoms with Gasteiger partial charge in [0.15, 0.2) is 0 Å². The molecule has 44 valence electrons. The van der Waals surface area contributed by atoms with Crippen molar-refractivity contribution < 1.29 is 4.74 Å². The summed E-state index contributed by atoms with van der Waals surface area (Å²) in [5, 5.41) is 0. The van der Waals surface area contributed by atoms with Gasteiger partial charge in [-0.1, -0.05) is 0 Å². The van der Waals surface area contributed by atoms with E-state index in [2.05, 4.69) is 0 Å². The average Bonchev–Trinajstić information content (AvgIpc) is 1.69. The summed E-state index contributed by atoms with van der Waals surface area (Å²) in [6, 6.07) is 0. The lowest BCUT2D eigenvalue weighted by atomic mass is 10.5. The lowest BCUT2D eigenvalue weighted by Crippen LogP contribution is -1.93. The highest BCUT2D eigenvalue weighted by Crippen LogP contribution is 1.79. The van der Waals surface area contributed by atoms with Crippen molar-refractivity contribution in [3.63, 3.8) is 0 Å². The zero-order valence-corrected chi connectivity index (χ0v) is 4.74. The lowest BCUT2D eigenvalue weighted by molar-refractivity contribution is 0.148. The third-order valence-electron chi connectivity index (χ3n) is 0.670. The van der Waals surface area contributed by atoms with E-state index in [1.165, 1.54) is 0 Å². The first kappa shape index (κ1) is 6.92. The number of hydrogen-bond acceptors (Lipinski definition) is 1. The largest absolute Gasteiger partial charge is 0.677 e. The second-order valence-electron chi connectivity index (χ2n) is 1.30. The minimum absolute atomic E-state index is 0.486. The standard InChI is InChI=1S/C5H12NO/c1-2-7-5-3-4-6/h6H,2-5H2,1H3/q-1. The Balaban J connectivity index is 2.45. The SMILES string of the molecule is CCOCCC[NH-]. The Morgan fingerprint density at radius 1 is 1.57 bits per heavy atom. The summed E-state index contributed by atoms with van der Waals surface area (Å²) < 4.78 is 4.95. The molecule has 0 unspecified atom stereocenters. The smallest absolute Gasteiger partial charge is 0.0449 e. The maximum Gasteiger partial charge on any atom is 0.0449 e. The zero-order valence-electron chi connectivity index (χ0n) is 4.74. The first-order chi connectivity index (χ1) is 3.41. The molecule has 2 heteroatoms. The predicted octanol–water partition coefficient (Wildman–Crippen LogP) is 1.47. The average molecular weight is 102 g/mol. The minimum atomic E-state index is 0.486. The Labute approximate surface area is 44.7 Å². The highest BCUT2D eigenvalue weighted by Gasteiger charge is 1.75. The van der Waals surface area contributed by atoms with Crippen LogP contribution in [0.4, 0.5) is 0 Å². The second-order valence-corrected chi connectivity index (χ2v) is 1.30. The van der Waals surface area contributed by atoms with Crippen LogP contribution in [0.5, 0.6) is 0 Å². The van der Waals surface area contributed by atoms with E-state index >= 15 is 0 Å². The third kappa shape index (κ3) is 5.92. The molecule has 0 aromatic rings. The van der Waals surface area contributed by atoms with Crippen molar-refractivity contribution in [1.82, 2.24) is 0 Å². The van der Waals surface area contributed by atoms with Gasteiger partial charge in [0.2, 0.25) is 0 Å². The van der Waals surface area contributed by atoms with Gasteiger partial charge in [0, 0.05) is 13.2 Å². The fraction of sp³-hybridized carbons (Fsp3) is 1.00. The summed E-state index contributed by atoms with van der Waals surface area (Å²) in [6.07, 6.45) is 0.869. The summed E-state index contributed by atoms with van der Waals surface area (Å²) in [7, 11) is 0. The van der Waals surface area contributed by atoms with Crippen LogP contribution in [-0.2, 0) is 4.74 Å². The molecule has 0 rings (SSSR count). The van der Waals surface area contributed by atoms with Gasteiger partial charge in [-0.15, -0.1) is 6.54 Å². The number of nitrogens with one attached hydrogen (secondary N) is 1. The summed E-state index contributed by atoms with van der Waals surface area (Å²) in [4.78, 5) is 0. The molecular formula is C5H12NO-. The molecule has 0 aromatic carbocycles. The van der Waals surface area contributed by atoms with Crippen LogP contribution < -0.4 is 0 Å². The van der Waals surface area contributed by atoms with Crippen molar-refractivity contribution in [3.05, 3.63) is 5.73 Å². The molecule has 0 aliphatic carbocycles. The molecule has 0 fully saturated rings. The topological polar surface area (TPSA) is 33.0 Å². The van der Waals surface area contributed by atoms with Gasteiger partial charge in [-0.2, -0.15) is 0 Å². The van der Waals surface area contributed by atoms with Gasteiger partial charge in [0.1, 0.15) is 0 Å². The quantitative estimate of drug-likeness (QED) is 0.495. The minimum Gasteiger partial charge on any atom is -0.677 e. The maximum atomic E-state index is 6.70. The van der Waals surface area contributed by atoms with Crippen molar-refractivity contribution in [2.75, 3.05) is 19.8 Å². The summed E-state index contributed by atoms with van der Waals surface area (Å²) >= 11 is 0. The third-order valence-corrected chi connectivity index (χ3v) is 0.670. The van der Waals surface area contributed by atoms with Crippen LogP contribution >= 0.6 is 0 Å². The van der Waals surface area contributed by atoms with E-state index in [-0.39, 0.29) is 0 Å². The maximum absolute atomic E-state index is 6.70. The Morgan fingerprint density at radius 2 is 2.29 bits per heavy atom. The van der Waals surface area contributed by atoms with Crippen molar-refractivity contribution in [2.45, 2.75) is 13.3 Å². The van der Waals surface area contributed by atoms with Crippen LogP contribution in [0, 0.1) is 0 Å². The first-order valence-electron chi connectivity index (χ1n) is 2.64. The van der Waals surface area contributed by atoms with Crippen molar-refractivity contribution in [1.29, 1.82) is 0 Å². The molecule has 0 aliphatic heterocycles. The van der Waals surface area contributed by atoms with Crippen LogP contribution in [0.3, 0.4) is 0 Å². The summed E-state index contributed by atoms with van der Waals surface area (Å²) in [5.74, 6) is 0. The van der Waals surface area contributed by atoms with Gasteiger partial charge in [-0.3, -0.25) is 0 Å².